The molecule has 0 spiro atoms. The Morgan fingerprint density at radius 1 is 0.952 bits per heavy atom. The molecule has 0 unspecified atom stereocenters. The van der Waals surface area contributed by atoms with Crippen LogP contribution in [0.15, 0.2) is 54.9 Å². The van der Waals surface area contributed by atoms with Crippen molar-refractivity contribution in [2.75, 3.05) is 0 Å². The van der Waals surface area contributed by atoms with Gasteiger partial charge < -0.3 is 5.32 Å². The molecule has 1 heterocycles. The second-order valence-corrected chi connectivity index (χ2v) is 5.70. The molecule has 1 aromatic heterocycles. The predicted octanol–water partition coefficient (Wildman–Crippen LogP) is 3.67. The van der Waals surface area contributed by atoms with E-state index in [0.29, 0.717) is 5.56 Å². The van der Waals surface area contributed by atoms with Gasteiger partial charge >= 0.3 is 0 Å². The first kappa shape index (κ1) is 13.8. The van der Waals surface area contributed by atoms with E-state index < -0.39 is 0 Å². The number of hydrogen-bond acceptors (Lipinski definition) is 2. The third-order valence-electron chi connectivity index (χ3n) is 4.33. The number of benzene rings is 1. The smallest absolute Gasteiger partial charge is 0.252 e. The van der Waals surface area contributed by atoms with Crippen molar-refractivity contribution in [2.24, 2.45) is 0 Å². The molecule has 1 N–H and O–H groups in total. The summed E-state index contributed by atoms with van der Waals surface area (Å²) in [6.07, 6.45) is 8.90. The number of hydrogen-bond donors (Lipinski definition) is 1. The van der Waals surface area contributed by atoms with Crippen molar-refractivity contribution in [1.29, 1.82) is 0 Å². The van der Waals surface area contributed by atoms with E-state index in [1.54, 1.807) is 24.5 Å². The van der Waals surface area contributed by atoms with Gasteiger partial charge in [0.25, 0.3) is 5.91 Å². The molecule has 3 nitrogen and oxygen atoms in total. The quantitative estimate of drug-likeness (QED) is 0.932. The standard InChI is InChI=1S/C18H20N2O/c21-17(15-9-13-19-14-10-15)20-18(11-5-2-6-12-18)16-7-3-1-4-8-16/h1,3-4,7-10,13-14H,2,5-6,11-12H2,(H,20,21). The minimum atomic E-state index is -0.222. The normalized spacial score (nSPS) is 17.1. The molecule has 1 saturated carbocycles. The summed E-state index contributed by atoms with van der Waals surface area (Å²) in [7, 11) is 0. The Kier molecular flexibility index (Phi) is 4.00. The Morgan fingerprint density at radius 3 is 2.29 bits per heavy atom. The number of aromatic nitrogens is 1. The highest BCUT2D eigenvalue weighted by atomic mass is 16.1. The van der Waals surface area contributed by atoms with Gasteiger partial charge in [-0.05, 0) is 30.5 Å². The Bertz CT molecular complexity index is 589. The number of carbonyl (C=O) groups is 1. The maximum absolute atomic E-state index is 12.6. The van der Waals surface area contributed by atoms with Gasteiger partial charge in [-0.15, -0.1) is 0 Å². The molecule has 1 fully saturated rings. The average Bonchev–Trinajstić information content (AvgIpc) is 2.57. The van der Waals surface area contributed by atoms with Crippen LogP contribution in [-0.2, 0) is 5.54 Å². The number of carbonyl (C=O) groups excluding carboxylic acids is 1. The lowest BCUT2D eigenvalue weighted by Crippen LogP contribution is -2.47. The molecule has 3 heteroatoms. The van der Waals surface area contributed by atoms with E-state index in [0.717, 1.165) is 25.7 Å². The summed E-state index contributed by atoms with van der Waals surface area (Å²) in [5, 5.41) is 3.30. The summed E-state index contributed by atoms with van der Waals surface area (Å²) < 4.78 is 0. The molecule has 2 aromatic rings. The number of nitrogens with zero attached hydrogens (tertiary/aromatic N) is 1. The van der Waals surface area contributed by atoms with Gasteiger partial charge in [-0.1, -0.05) is 49.6 Å². The fraction of sp³-hybridized carbons (Fsp3) is 0.333. The van der Waals surface area contributed by atoms with Crippen LogP contribution < -0.4 is 5.32 Å². The van der Waals surface area contributed by atoms with E-state index in [-0.39, 0.29) is 11.4 Å². The van der Waals surface area contributed by atoms with Gasteiger partial charge in [0.1, 0.15) is 0 Å². The van der Waals surface area contributed by atoms with Crippen molar-refractivity contribution in [2.45, 2.75) is 37.6 Å². The fourth-order valence-corrected chi connectivity index (χ4v) is 3.19. The maximum Gasteiger partial charge on any atom is 0.252 e. The van der Waals surface area contributed by atoms with Gasteiger partial charge in [0.05, 0.1) is 5.54 Å². The van der Waals surface area contributed by atoms with Crippen LogP contribution in [0.3, 0.4) is 0 Å². The highest BCUT2D eigenvalue weighted by Crippen LogP contribution is 2.37. The van der Waals surface area contributed by atoms with Crippen molar-refractivity contribution in [3.05, 3.63) is 66.0 Å². The highest BCUT2D eigenvalue weighted by molar-refractivity contribution is 5.94. The van der Waals surface area contributed by atoms with Crippen LogP contribution in [0.4, 0.5) is 0 Å². The molecule has 1 aromatic carbocycles. The van der Waals surface area contributed by atoms with E-state index in [1.165, 1.54) is 12.0 Å². The second-order valence-electron chi connectivity index (χ2n) is 5.70. The largest absolute Gasteiger partial charge is 0.343 e. The number of pyridine rings is 1. The van der Waals surface area contributed by atoms with Crippen molar-refractivity contribution >= 4 is 5.91 Å². The third kappa shape index (κ3) is 2.97. The minimum absolute atomic E-state index is 0.0110. The van der Waals surface area contributed by atoms with Gasteiger partial charge in [-0.2, -0.15) is 0 Å². The number of amides is 1. The summed E-state index contributed by atoms with van der Waals surface area (Å²) in [6.45, 7) is 0. The summed E-state index contributed by atoms with van der Waals surface area (Å²) in [5.41, 5.74) is 1.66. The van der Waals surface area contributed by atoms with Gasteiger partial charge in [0.15, 0.2) is 0 Å². The predicted molar refractivity (Wildman–Crippen MR) is 82.9 cm³/mol. The molecule has 1 aliphatic carbocycles. The zero-order valence-electron chi connectivity index (χ0n) is 12.1. The Balaban J connectivity index is 1.88. The monoisotopic (exact) mass is 280 g/mol. The van der Waals surface area contributed by atoms with Crippen LogP contribution in [0, 0.1) is 0 Å². The average molecular weight is 280 g/mol. The molecular formula is C18H20N2O. The van der Waals surface area contributed by atoms with Crippen molar-refractivity contribution in [3.8, 4) is 0 Å². The zero-order chi connectivity index (χ0) is 14.5. The van der Waals surface area contributed by atoms with Crippen LogP contribution in [0.25, 0.3) is 0 Å². The Hall–Kier alpha value is -2.16. The van der Waals surface area contributed by atoms with Gasteiger partial charge in [-0.25, -0.2) is 0 Å². The minimum Gasteiger partial charge on any atom is -0.343 e. The van der Waals surface area contributed by atoms with E-state index in [9.17, 15) is 4.79 Å². The van der Waals surface area contributed by atoms with Crippen molar-refractivity contribution < 1.29 is 4.79 Å². The lowest BCUT2D eigenvalue weighted by atomic mass is 9.76. The summed E-state index contributed by atoms with van der Waals surface area (Å²) in [4.78, 5) is 16.5. The molecule has 21 heavy (non-hydrogen) atoms. The molecule has 1 aliphatic rings. The van der Waals surface area contributed by atoms with E-state index in [4.69, 9.17) is 0 Å². The molecule has 108 valence electrons. The molecule has 1 amide bonds. The zero-order valence-corrected chi connectivity index (χ0v) is 12.1. The van der Waals surface area contributed by atoms with Gasteiger partial charge in [-0.3, -0.25) is 9.78 Å². The van der Waals surface area contributed by atoms with E-state index in [2.05, 4.69) is 22.4 Å². The SMILES string of the molecule is O=C(NC1(c2ccccc2)CCCCC1)c1ccncc1. The molecule has 0 aliphatic heterocycles. The molecular weight excluding hydrogens is 260 g/mol. The summed E-state index contributed by atoms with van der Waals surface area (Å²) >= 11 is 0. The second kappa shape index (κ2) is 6.08. The number of nitrogens with one attached hydrogen (secondary N) is 1. The Morgan fingerprint density at radius 2 is 1.62 bits per heavy atom. The molecule has 0 radical (unpaired) electrons. The first-order chi connectivity index (χ1) is 10.3. The summed E-state index contributed by atoms with van der Waals surface area (Å²) in [6, 6.07) is 13.9. The summed E-state index contributed by atoms with van der Waals surface area (Å²) in [5.74, 6) is -0.0110. The highest BCUT2D eigenvalue weighted by Gasteiger charge is 2.35. The van der Waals surface area contributed by atoms with Crippen molar-refractivity contribution in [3.63, 3.8) is 0 Å². The van der Waals surface area contributed by atoms with Crippen LogP contribution in [0.1, 0.15) is 48.0 Å². The van der Waals surface area contributed by atoms with E-state index >= 15 is 0 Å². The molecule has 0 bridgehead atoms. The maximum atomic E-state index is 12.6. The van der Waals surface area contributed by atoms with Crippen LogP contribution >= 0.6 is 0 Å². The lowest BCUT2D eigenvalue weighted by Gasteiger charge is -2.38. The first-order valence-corrected chi connectivity index (χ1v) is 7.58. The first-order valence-electron chi connectivity index (χ1n) is 7.58. The van der Waals surface area contributed by atoms with Crippen LogP contribution in [0.2, 0.25) is 0 Å². The van der Waals surface area contributed by atoms with Gasteiger partial charge in [0.2, 0.25) is 0 Å². The molecule has 3 rings (SSSR count). The molecule has 0 atom stereocenters. The molecule has 0 saturated heterocycles. The lowest BCUT2D eigenvalue weighted by molar-refractivity contribution is 0.0866. The van der Waals surface area contributed by atoms with E-state index in [1.807, 2.05) is 18.2 Å². The number of rotatable bonds is 3. The third-order valence-corrected chi connectivity index (χ3v) is 4.33. The topological polar surface area (TPSA) is 42.0 Å². The fourth-order valence-electron chi connectivity index (χ4n) is 3.19. The van der Waals surface area contributed by atoms with Gasteiger partial charge in [0, 0.05) is 18.0 Å². The van der Waals surface area contributed by atoms with Crippen molar-refractivity contribution in [1.82, 2.24) is 10.3 Å². The van der Waals surface area contributed by atoms with Crippen LogP contribution in [0.5, 0.6) is 0 Å². The van der Waals surface area contributed by atoms with Crippen LogP contribution in [-0.4, -0.2) is 10.9 Å². The Labute approximate surface area is 125 Å².